The second-order valence-corrected chi connectivity index (χ2v) is 6.02. The zero-order chi connectivity index (χ0) is 14.3. The molecule has 1 aliphatic carbocycles. The highest BCUT2D eigenvalue weighted by atomic mass is 32.1. The largest absolute Gasteiger partial charge is 0.478 e. The smallest absolute Gasteiger partial charge is 0.335 e. The van der Waals surface area contributed by atoms with E-state index in [1.54, 1.807) is 18.3 Å². The van der Waals surface area contributed by atoms with Gasteiger partial charge in [0.2, 0.25) is 0 Å². The van der Waals surface area contributed by atoms with Crippen LogP contribution in [0.2, 0.25) is 0 Å². The van der Waals surface area contributed by atoms with Crippen LogP contribution >= 0.6 is 11.3 Å². The van der Waals surface area contributed by atoms with Gasteiger partial charge < -0.3 is 10.2 Å². The van der Waals surface area contributed by atoms with E-state index in [0.29, 0.717) is 17.0 Å². The van der Waals surface area contributed by atoms with E-state index in [0.717, 1.165) is 29.5 Å². The van der Waals surface area contributed by atoms with E-state index in [4.69, 9.17) is 0 Å². The monoisotopic (exact) mass is 289 g/mol. The van der Waals surface area contributed by atoms with Gasteiger partial charge in [-0.25, -0.2) is 9.78 Å². The number of hydrogen-bond donors (Lipinski definition) is 2. The van der Waals surface area contributed by atoms with Crippen LogP contribution in [0.15, 0.2) is 23.7 Å². The summed E-state index contributed by atoms with van der Waals surface area (Å²) < 4.78 is 0. The second kappa shape index (κ2) is 4.68. The SMILES string of the molecule is Cc1c(C(=O)O)ccc2c1CCCC2(O)c1nccs1. The van der Waals surface area contributed by atoms with Crippen molar-refractivity contribution in [2.75, 3.05) is 0 Å². The first-order valence-electron chi connectivity index (χ1n) is 6.52. The van der Waals surface area contributed by atoms with Crippen LogP contribution in [0.5, 0.6) is 0 Å². The van der Waals surface area contributed by atoms with Crippen LogP contribution in [0.4, 0.5) is 0 Å². The number of fused-ring (bicyclic) bond motifs is 1. The van der Waals surface area contributed by atoms with Crippen molar-refractivity contribution >= 4 is 17.3 Å². The molecule has 20 heavy (non-hydrogen) atoms. The quantitative estimate of drug-likeness (QED) is 0.891. The molecule has 0 saturated carbocycles. The summed E-state index contributed by atoms with van der Waals surface area (Å²) in [5, 5.41) is 22.8. The van der Waals surface area contributed by atoms with Crippen molar-refractivity contribution < 1.29 is 15.0 Å². The minimum atomic E-state index is -1.08. The molecule has 3 rings (SSSR count). The Morgan fingerprint density at radius 2 is 2.25 bits per heavy atom. The van der Waals surface area contributed by atoms with Gasteiger partial charge in [0.15, 0.2) is 0 Å². The van der Waals surface area contributed by atoms with Crippen molar-refractivity contribution in [2.24, 2.45) is 0 Å². The lowest BCUT2D eigenvalue weighted by Gasteiger charge is -2.34. The Labute approximate surface area is 120 Å². The van der Waals surface area contributed by atoms with Gasteiger partial charge in [0.25, 0.3) is 0 Å². The molecule has 104 valence electrons. The van der Waals surface area contributed by atoms with Gasteiger partial charge in [0.05, 0.1) is 5.56 Å². The van der Waals surface area contributed by atoms with Gasteiger partial charge in [-0.15, -0.1) is 11.3 Å². The minimum absolute atomic E-state index is 0.312. The van der Waals surface area contributed by atoms with Crippen molar-refractivity contribution in [3.63, 3.8) is 0 Å². The molecule has 2 aromatic rings. The van der Waals surface area contributed by atoms with E-state index in [-0.39, 0.29) is 0 Å². The van der Waals surface area contributed by atoms with Gasteiger partial charge in [-0.05, 0) is 48.9 Å². The third kappa shape index (κ3) is 1.85. The average molecular weight is 289 g/mol. The standard InChI is InChI=1S/C15H15NO3S/c1-9-10-3-2-6-15(19,14-16-7-8-20-14)12(10)5-4-11(9)13(17)18/h4-5,7-8,19H,2-3,6H2,1H3,(H,17,18). The van der Waals surface area contributed by atoms with Crippen LogP contribution in [0, 0.1) is 6.92 Å². The van der Waals surface area contributed by atoms with E-state index >= 15 is 0 Å². The molecule has 0 aliphatic heterocycles. The number of hydrogen-bond acceptors (Lipinski definition) is 4. The summed E-state index contributed by atoms with van der Waals surface area (Å²) in [4.78, 5) is 15.5. The van der Waals surface area contributed by atoms with E-state index in [1.165, 1.54) is 11.3 Å². The van der Waals surface area contributed by atoms with Gasteiger partial charge in [0.1, 0.15) is 10.6 Å². The van der Waals surface area contributed by atoms with Gasteiger partial charge in [-0.1, -0.05) is 6.07 Å². The molecule has 0 radical (unpaired) electrons. The van der Waals surface area contributed by atoms with Gasteiger partial charge >= 0.3 is 5.97 Å². The Bertz CT molecular complexity index is 666. The number of carboxylic acid groups (broad SMARTS) is 1. The molecular formula is C15H15NO3S. The number of thiazole rings is 1. The van der Waals surface area contributed by atoms with Crippen molar-refractivity contribution in [2.45, 2.75) is 31.8 Å². The average Bonchev–Trinajstić information content (AvgIpc) is 2.94. The molecule has 1 aromatic heterocycles. The first-order valence-corrected chi connectivity index (χ1v) is 7.40. The Balaban J connectivity index is 2.20. The van der Waals surface area contributed by atoms with Gasteiger partial charge in [-0.2, -0.15) is 0 Å². The molecule has 5 heteroatoms. The summed E-state index contributed by atoms with van der Waals surface area (Å²) in [6.07, 6.45) is 3.94. The molecule has 0 saturated heterocycles. The van der Waals surface area contributed by atoms with E-state index in [1.807, 2.05) is 12.3 Å². The number of aliphatic hydroxyl groups is 1. The van der Waals surface area contributed by atoms with Crippen LogP contribution in [0.1, 0.15) is 44.9 Å². The van der Waals surface area contributed by atoms with Gasteiger partial charge in [0, 0.05) is 11.6 Å². The zero-order valence-electron chi connectivity index (χ0n) is 11.1. The van der Waals surface area contributed by atoms with Crippen LogP contribution < -0.4 is 0 Å². The third-order valence-electron chi connectivity index (χ3n) is 4.03. The molecule has 1 unspecified atom stereocenters. The van der Waals surface area contributed by atoms with E-state index < -0.39 is 11.6 Å². The van der Waals surface area contributed by atoms with Crippen molar-refractivity contribution in [1.29, 1.82) is 0 Å². The first kappa shape index (κ1) is 13.3. The molecule has 0 amide bonds. The van der Waals surface area contributed by atoms with Crippen molar-refractivity contribution in [3.05, 3.63) is 51.0 Å². The lowest BCUT2D eigenvalue weighted by Crippen LogP contribution is -2.32. The number of benzene rings is 1. The number of rotatable bonds is 2. The van der Waals surface area contributed by atoms with Crippen molar-refractivity contribution in [1.82, 2.24) is 4.98 Å². The normalized spacial score (nSPS) is 21.5. The predicted molar refractivity (Wildman–Crippen MR) is 76.2 cm³/mol. The highest BCUT2D eigenvalue weighted by molar-refractivity contribution is 7.09. The van der Waals surface area contributed by atoms with Crippen LogP contribution in [-0.2, 0) is 12.0 Å². The first-order chi connectivity index (χ1) is 9.54. The lowest BCUT2D eigenvalue weighted by atomic mass is 9.77. The summed E-state index contributed by atoms with van der Waals surface area (Å²) in [6, 6.07) is 3.33. The molecule has 1 heterocycles. The minimum Gasteiger partial charge on any atom is -0.478 e. The number of nitrogens with zero attached hydrogens (tertiary/aromatic N) is 1. The van der Waals surface area contributed by atoms with Crippen LogP contribution in [0.25, 0.3) is 0 Å². The summed E-state index contributed by atoms with van der Waals surface area (Å²) in [6.45, 7) is 1.82. The maximum atomic E-state index is 11.2. The Morgan fingerprint density at radius 1 is 1.45 bits per heavy atom. The molecule has 1 aliphatic rings. The van der Waals surface area contributed by atoms with Gasteiger partial charge in [-0.3, -0.25) is 0 Å². The fourth-order valence-corrected chi connectivity index (χ4v) is 3.78. The predicted octanol–water partition coefficient (Wildman–Crippen LogP) is 2.72. The number of carboxylic acids is 1. The third-order valence-corrected chi connectivity index (χ3v) is 4.95. The summed E-state index contributed by atoms with van der Waals surface area (Å²) in [7, 11) is 0. The van der Waals surface area contributed by atoms with E-state index in [2.05, 4.69) is 4.98 Å². The lowest BCUT2D eigenvalue weighted by molar-refractivity contribution is 0.0605. The number of aromatic nitrogens is 1. The Morgan fingerprint density at radius 3 is 2.90 bits per heavy atom. The zero-order valence-corrected chi connectivity index (χ0v) is 11.9. The highest BCUT2D eigenvalue weighted by Gasteiger charge is 2.39. The molecule has 1 atom stereocenters. The summed E-state index contributed by atoms with van der Waals surface area (Å²) >= 11 is 1.43. The molecule has 0 spiro atoms. The maximum Gasteiger partial charge on any atom is 0.335 e. The van der Waals surface area contributed by atoms with E-state index in [9.17, 15) is 15.0 Å². The fraction of sp³-hybridized carbons (Fsp3) is 0.333. The Kier molecular flexibility index (Phi) is 3.11. The van der Waals surface area contributed by atoms with Crippen LogP contribution in [0.3, 0.4) is 0 Å². The topological polar surface area (TPSA) is 70.4 Å². The Hall–Kier alpha value is -1.72. The summed E-state index contributed by atoms with van der Waals surface area (Å²) in [5.74, 6) is -0.923. The molecule has 2 N–H and O–H groups in total. The summed E-state index contributed by atoms with van der Waals surface area (Å²) in [5.41, 5.74) is 1.75. The number of carbonyl (C=O) groups is 1. The number of aromatic carboxylic acids is 1. The van der Waals surface area contributed by atoms with Crippen molar-refractivity contribution in [3.8, 4) is 0 Å². The molecule has 1 aromatic carbocycles. The second-order valence-electron chi connectivity index (χ2n) is 5.12. The molecule has 0 bridgehead atoms. The highest BCUT2D eigenvalue weighted by Crippen LogP contribution is 2.42. The molecular weight excluding hydrogens is 274 g/mol. The maximum absolute atomic E-state index is 11.2. The fourth-order valence-electron chi connectivity index (χ4n) is 3.00. The molecule has 0 fully saturated rings. The van der Waals surface area contributed by atoms with Crippen LogP contribution in [-0.4, -0.2) is 21.2 Å². The molecule has 4 nitrogen and oxygen atoms in total.